The van der Waals surface area contributed by atoms with Gasteiger partial charge in [-0.3, -0.25) is 0 Å². The number of hydrogen-bond acceptors (Lipinski definition) is 3. The highest BCUT2D eigenvalue weighted by Crippen LogP contribution is 2.25. The molecule has 0 amide bonds. The normalized spacial score (nSPS) is 12.0. The maximum Gasteiger partial charge on any atom is 0.246 e. The molecule has 0 unspecified atom stereocenters. The zero-order valence-corrected chi connectivity index (χ0v) is 14.0. The smallest absolute Gasteiger partial charge is 0.246 e. The van der Waals surface area contributed by atoms with E-state index in [2.05, 4.69) is 0 Å². The summed E-state index contributed by atoms with van der Waals surface area (Å²) in [6.07, 6.45) is 0. The van der Waals surface area contributed by atoms with Crippen molar-refractivity contribution < 1.29 is 12.8 Å². The summed E-state index contributed by atoms with van der Waals surface area (Å²) in [5.41, 5.74) is 0.851. The van der Waals surface area contributed by atoms with Crippen molar-refractivity contribution in [1.29, 1.82) is 0 Å². The van der Waals surface area contributed by atoms with E-state index in [0.29, 0.717) is 16.5 Å². The Labute approximate surface area is 134 Å². The van der Waals surface area contributed by atoms with Crippen molar-refractivity contribution >= 4 is 33.2 Å². The molecule has 2 rings (SSSR count). The number of nitrogens with zero attached hydrogens (tertiary/aromatic N) is 1. The van der Waals surface area contributed by atoms with Gasteiger partial charge in [-0.2, -0.15) is 4.31 Å². The number of rotatable bonds is 5. The van der Waals surface area contributed by atoms with Crippen LogP contribution in [-0.4, -0.2) is 19.8 Å². The molecule has 2 aromatic rings. The summed E-state index contributed by atoms with van der Waals surface area (Å²) >= 11 is 11.5. The fourth-order valence-corrected chi connectivity index (χ4v) is 3.54. The van der Waals surface area contributed by atoms with Gasteiger partial charge in [0.05, 0.1) is 5.88 Å². The van der Waals surface area contributed by atoms with Gasteiger partial charge in [-0.1, -0.05) is 23.7 Å². The van der Waals surface area contributed by atoms with Crippen molar-refractivity contribution in [1.82, 2.24) is 4.31 Å². The summed E-state index contributed by atoms with van der Waals surface area (Å²) in [5, 5.41) is 0.613. The molecule has 0 radical (unpaired) electrons. The van der Waals surface area contributed by atoms with Crippen LogP contribution in [0.25, 0.3) is 0 Å². The monoisotopic (exact) mass is 347 g/mol. The number of sulfonamides is 1. The third kappa shape index (κ3) is 3.61. The minimum atomic E-state index is -3.62. The first-order valence-electron chi connectivity index (χ1n) is 6.20. The maximum atomic E-state index is 12.6. The number of aryl methyl sites for hydroxylation is 1. The van der Waals surface area contributed by atoms with Gasteiger partial charge in [0.1, 0.15) is 16.4 Å². The van der Waals surface area contributed by atoms with E-state index in [4.69, 9.17) is 27.6 Å². The minimum Gasteiger partial charge on any atom is -0.464 e. The first kappa shape index (κ1) is 16.4. The van der Waals surface area contributed by atoms with Crippen LogP contribution < -0.4 is 0 Å². The van der Waals surface area contributed by atoms with Gasteiger partial charge in [0.25, 0.3) is 0 Å². The molecule has 0 N–H and O–H groups in total. The molecule has 0 atom stereocenters. The van der Waals surface area contributed by atoms with E-state index in [1.807, 2.05) is 0 Å². The quantitative estimate of drug-likeness (QED) is 0.773. The molecule has 0 saturated carbocycles. The van der Waals surface area contributed by atoms with E-state index in [9.17, 15) is 8.42 Å². The van der Waals surface area contributed by atoms with E-state index in [1.54, 1.807) is 31.2 Å². The van der Waals surface area contributed by atoms with Crippen molar-refractivity contribution in [2.45, 2.75) is 24.2 Å². The molecule has 0 aliphatic heterocycles. The van der Waals surface area contributed by atoms with Gasteiger partial charge in [0.15, 0.2) is 0 Å². The second-order valence-electron chi connectivity index (χ2n) is 4.65. The van der Waals surface area contributed by atoms with Crippen molar-refractivity contribution in [3.8, 4) is 0 Å². The fourth-order valence-electron chi connectivity index (χ4n) is 1.95. The lowest BCUT2D eigenvalue weighted by atomic mass is 10.2. The molecule has 0 bridgehead atoms. The Kier molecular flexibility index (Phi) is 4.99. The van der Waals surface area contributed by atoms with Crippen molar-refractivity contribution in [2.24, 2.45) is 0 Å². The Hall–Kier alpha value is -1.01. The van der Waals surface area contributed by atoms with Crippen LogP contribution in [0.1, 0.15) is 17.1 Å². The lowest BCUT2D eigenvalue weighted by Gasteiger charge is -2.16. The predicted molar refractivity (Wildman–Crippen MR) is 83.1 cm³/mol. The number of alkyl halides is 1. The molecular formula is C14H15Cl2NO3S. The second kappa shape index (κ2) is 6.40. The Balaban J connectivity index is 2.25. The van der Waals surface area contributed by atoms with E-state index in [1.165, 1.54) is 17.4 Å². The largest absolute Gasteiger partial charge is 0.464 e. The average molecular weight is 348 g/mol. The van der Waals surface area contributed by atoms with Crippen LogP contribution in [0.4, 0.5) is 0 Å². The lowest BCUT2D eigenvalue weighted by Crippen LogP contribution is -2.26. The SMILES string of the molecule is Cc1oc(CCl)cc1S(=O)(=O)N(C)Cc1ccc(Cl)cc1. The van der Waals surface area contributed by atoms with Crippen LogP contribution in [0.15, 0.2) is 39.6 Å². The summed E-state index contributed by atoms with van der Waals surface area (Å²) in [6.45, 7) is 1.86. The standard InChI is InChI=1S/C14H15Cl2NO3S/c1-10-14(7-13(8-15)20-10)21(18,19)17(2)9-11-3-5-12(16)6-4-11/h3-7H,8-9H2,1-2H3. The van der Waals surface area contributed by atoms with Crippen molar-refractivity contribution in [2.75, 3.05) is 7.05 Å². The summed E-state index contributed by atoms with van der Waals surface area (Å²) in [4.78, 5) is 0.148. The molecular weight excluding hydrogens is 333 g/mol. The van der Waals surface area contributed by atoms with Gasteiger partial charge in [0.2, 0.25) is 10.0 Å². The van der Waals surface area contributed by atoms with Crippen LogP contribution in [0, 0.1) is 6.92 Å². The Bertz CT molecular complexity index is 723. The molecule has 21 heavy (non-hydrogen) atoms. The number of halogens is 2. The van der Waals surface area contributed by atoms with Gasteiger partial charge < -0.3 is 4.42 Å². The number of benzene rings is 1. The van der Waals surface area contributed by atoms with Crippen LogP contribution in [0.3, 0.4) is 0 Å². The molecule has 0 fully saturated rings. The van der Waals surface area contributed by atoms with E-state index >= 15 is 0 Å². The van der Waals surface area contributed by atoms with Crippen LogP contribution in [0.5, 0.6) is 0 Å². The van der Waals surface area contributed by atoms with E-state index < -0.39 is 10.0 Å². The molecule has 0 saturated heterocycles. The molecule has 1 aromatic heterocycles. The highest BCUT2D eigenvalue weighted by atomic mass is 35.5. The second-order valence-corrected chi connectivity index (χ2v) is 7.37. The average Bonchev–Trinajstić information content (AvgIpc) is 2.83. The molecule has 0 spiro atoms. The number of furan rings is 1. The minimum absolute atomic E-state index is 0.136. The molecule has 0 aliphatic rings. The molecule has 1 heterocycles. The number of hydrogen-bond donors (Lipinski definition) is 0. The van der Waals surface area contributed by atoms with Crippen LogP contribution in [-0.2, 0) is 22.4 Å². The van der Waals surface area contributed by atoms with Crippen LogP contribution >= 0.6 is 23.2 Å². The Morgan fingerprint density at radius 3 is 2.38 bits per heavy atom. The van der Waals surface area contributed by atoms with Gasteiger partial charge in [-0.05, 0) is 24.6 Å². The first-order valence-corrected chi connectivity index (χ1v) is 8.56. The van der Waals surface area contributed by atoms with Gasteiger partial charge >= 0.3 is 0 Å². The fraction of sp³-hybridized carbons (Fsp3) is 0.286. The summed E-state index contributed by atoms with van der Waals surface area (Å²) in [6, 6.07) is 8.51. The maximum absolute atomic E-state index is 12.6. The predicted octanol–water partition coefficient (Wildman–Crippen LogP) is 3.80. The molecule has 4 nitrogen and oxygen atoms in total. The zero-order valence-electron chi connectivity index (χ0n) is 11.6. The summed E-state index contributed by atoms with van der Waals surface area (Å²) < 4.78 is 31.7. The van der Waals surface area contributed by atoms with Gasteiger partial charge in [0, 0.05) is 24.7 Å². The first-order chi connectivity index (χ1) is 9.84. The lowest BCUT2D eigenvalue weighted by molar-refractivity contribution is 0.459. The topological polar surface area (TPSA) is 50.5 Å². The van der Waals surface area contributed by atoms with Crippen molar-refractivity contribution in [3.63, 3.8) is 0 Å². The summed E-state index contributed by atoms with van der Waals surface area (Å²) in [5.74, 6) is 0.915. The molecule has 1 aromatic carbocycles. The van der Waals surface area contributed by atoms with Crippen molar-refractivity contribution in [3.05, 3.63) is 52.4 Å². The molecule has 114 valence electrons. The third-order valence-corrected chi connectivity index (χ3v) is 5.49. The van der Waals surface area contributed by atoms with E-state index in [0.717, 1.165) is 5.56 Å². The Morgan fingerprint density at radius 1 is 1.24 bits per heavy atom. The zero-order chi connectivity index (χ0) is 15.6. The van der Waals surface area contributed by atoms with Crippen LogP contribution in [0.2, 0.25) is 5.02 Å². The van der Waals surface area contributed by atoms with E-state index in [-0.39, 0.29) is 17.3 Å². The van der Waals surface area contributed by atoms with Gasteiger partial charge in [-0.15, -0.1) is 11.6 Å². The Morgan fingerprint density at radius 2 is 1.86 bits per heavy atom. The highest BCUT2D eigenvalue weighted by molar-refractivity contribution is 7.89. The summed E-state index contributed by atoms with van der Waals surface area (Å²) in [7, 11) is -2.09. The van der Waals surface area contributed by atoms with Gasteiger partial charge in [-0.25, -0.2) is 8.42 Å². The molecule has 0 aliphatic carbocycles. The highest BCUT2D eigenvalue weighted by Gasteiger charge is 2.26. The molecule has 7 heteroatoms. The third-order valence-electron chi connectivity index (χ3n) is 3.06.